The third-order valence-corrected chi connectivity index (χ3v) is 4.38. The molecule has 134 valence electrons. The predicted molar refractivity (Wildman–Crippen MR) is 101 cm³/mol. The molecule has 9 nitrogen and oxygen atoms in total. The highest BCUT2D eigenvalue weighted by atomic mass is 16.2. The summed E-state index contributed by atoms with van der Waals surface area (Å²) in [5, 5.41) is 13.5. The van der Waals surface area contributed by atoms with Crippen LogP contribution in [0.15, 0.2) is 36.8 Å². The van der Waals surface area contributed by atoms with Crippen LogP contribution in [0.3, 0.4) is 0 Å². The number of nitrogens with one attached hydrogen (secondary N) is 3. The standard InChI is InChI=1S/C17H20N8O/c1-24(17(26)22-13-10-20-21-11-13)16-8-14-12(9-19-16)2-3-15(23-14)25-6-4-18-5-7-25/h2-3,8-11,18H,4-7H2,1H3,(H,20,21)(H,22,26). The third-order valence-electron chi connectivity index (χ3n) is 4.38. The molecule has 1 aliphatic rings. The topological polar surface area (TPSA) is 102 Å². The Kier molecular flexibility index (Phi) is 4.36. The van der Waals surface area contributed by atoms with Crippen LogP contribution in [-0.4, -0.2) is 59.4 Å². The van der Waals surface area contributed by atoms with Crippen molar-refractivity contribution in [3.63, 3.8) is 0 Å². The monoisotopic (exact) mass is 352 g/mol. The van der Waals surface area contributed by atoms with Gasteiger partial charge in [0.1, 0.15) is 11.6 Å². The van der Waals surface area contributed by atoms with Crippen LogP contribution in [0.5, 0.6) is 0 Å². The quantitative estimate of drug-likeness (QED) is 0.659. The molecule has 2 amide bonds. The van der Waals surface area contributed by atoms with Crippen LogP contribution in [0.4, 0.5) is 22.1 Å². The molecule has 0 spiro atoms. The summed E-state index contributed by atoms with van der Waals surface area (Å²) in [6, 6.07) is 5.57. The number of aromatic amines is 1. The van der Waals surface area contributed by atoms with Gasteiger partial charge >= 0.3 is 6.03 Å². The Labute approximate surface area is 150 Å². The normalized spacial score (nSPS) is 14.4. The van der Waals surface area contributed by atoms with Crippen molar-refractivity contribution < 1.29 is 4.79 Å². The zero-order chi connectivity index (χ0) is 17.9. The fourth-order valence-corrected chi connectivity index (χ4v) is 2.88. The molecule has 1 saturated heterocycles. The van der Waals surface area contributed by atoms with E-state index in [1.54, 1.807) is 25.6 Å². The van der Waals surface area contributed by atoms with Gasteiger partial charge in [-0.1, -0.05) is 0 Å². The van der Waals surface area contributed by atoms with E-state index in [1.807, 2.05) is 18.2 Å². The average molecular weight is 352 g/mol. The Hall–Kier alpha value is -3.20. The van der Waals surface area contributed by atoms with E-state index in [-0.39, 0.29) is 6.03 Å². The first-order valence-electron chi connectivity index (χ1n) is 8.47. The minimum atomic E-state index is -0.295. The van der Waals surface area contributed by atoms with Crippen molar-refractivity contribution in [3.8, 4) is 0 Å². The van der Waals surface area contributed by atoms with Crippen molar-refractivity contribution >= 4 is 34.3 Å². The second-order valence-electron chi connectivity index (χ2n) is 6.12. The summed E-state index contributed by atoms with van der Waals surface area (Å²) in [5.74, 6) is 1.48. The first kappa shape index (κ1) is 16.3. The number of hydrogen-bond donors (Lipinski definition) is 3. The van der Waals surface area contributed by atoms with E-state index in [1.165, 1.54) is 4.90 Å². The first-order chi connectivity index (χ1) is 12.7. The molecular weight excluding hydrogens is 332 g/mol. The molecule has 1 aliphatic heterocycles. The van der Waals surface area contributed by atoms with Gasteiger partial charge in [-0.15, -0.1) is 0 Å². The molecule has 0 radical (unpaired) electrons. The molecule has 0 aliphatic carbocycles. The molecule has 9 heteroatoms. The van der Waals surface area contributed by atoms with Gasteiger partial charge in [-0.3, -0.25) is 10.00 Å². The van der Waals surface area contributed by atoms with Gasteiger partial charge in [-0.2, -0.15) is 5.10 Å². The Morgan fingerprint density at radius 3 is 2.88 bits per heavy atom. The Morgan fingerprint density at radius 1 is 1.27 bits per heavy atom. The summed E-state index contributed by atoms with van der Waals surface area (Å²) >= 11 is 0. The number of piperazine rings is 1. The lowest BCUT2D eigenvalue weighted by atomic mass is 10.2. The maximum Gasteiger partial charge on any atom is 0.327 e. The van der Waals surface area contributed by atoms with Crippen molar-refractivity contribution in [2.24, 2.45) is 0 Å². The molecule has 3 aromatic heterocycles. The first-order valence-corrected chi connectivity index (χ1v) is 8.47. The van der Waals surface area contributed by atoms with Gasteiger partial charge in [0.2, 0.25) is 0 Å². The molecule has 26 heavy (non-hydrogen) atoms. The Bertz CT molecular complexity index is 904. The van der Waals surface area contributed by atoms with Crippen LogP contribution in [0.2, 0.25) is 0 Å². The van der Waals surface area contributed by atoms with E-state index in [9.17, 15) is 4.79 Å². The van der Waals surface area contributed by atoms with E-state index >= 15 is 0 Å². The number of pyridine rings is 2. The van der Waals surface area contributed by atoms with E-state index in [0.717, 1.165) is 42.9 Å². The highest BCUT2D eigenvalue weighted by Crippen LogP contribution is 2.21. The molecule has 4 rings (SSSR count). The maximum absolute atomic E-state index is 12.4. The summed E-state index contributed by atoms with van der Waals surface area (Å²) < 4.78 is 0. The molecule has 0 saturated carbocycles. The van der Waals surface area contributed by atoms with Gasteiger partial charge in [-0.05, 0) is 12.1 Å². The van der Waals surface area contributed by atoms with Crippen LogP contribution >= 0.6 is 0 Å². The van der Waals surface area contributed by atoms with Crippen molar-refractivity contribution in [2.75, 3.05) is 48.3 Å². The summed E-state index contributed by atoms with van der Waals surface area (Å²) in [6.07, 6.45) is 4.89. The van der Waals surface area contributed by atoms with Gasteiger partial charge < -0.3 is 15.5 Å². The Morgan fingerprint density at radius 2 is 2.12 bits per heavy atom. The van der Waals surface area contributed by atoms with Gasteiger partial charge in [0.15, 0.2) is 0 Å². The van der Waals surface area contributed by atoms with Crippen LogP contribution in [-0.2, 0) is 0 Å². The van der Waals surface area contributed by atoms with Crippen LogP contribution in [0.1, 0.15) is 0 Å². The minimum absolute atomic E-state index is 0.295. The second-order valence-corrected chi connectivity index (χ2v) is 6.12. The SMILES string of the molecule is CN(C(=O)Nc1cn[nH]c1)c1cc2nc(N3CCNCC3)ccc2cn1. The largest absolute Gasteiger partial charge is 0.354 e. The number of rotatable bonds is 3. The maximum atomic E-state index is 12.4. The molecule has 0 atom stereocenters. The molecule has 0 bridgehead atoms. The molecule has 3 aromatic rings. The number of urea groups is 1. The number of carbonyl (C=O) groups excluding carboxylic acids is 1. The lowest BCUT2D eigenvalue weighted by molar-refractivity contribution is 0.258. The lowest BCUT2D eigenvalue weighted by Crippen LogP contribution is -2.43. The van der Waals surface area contributed by atoms with Gasteiger partial charge in [0.05, 0.1) is 17.4 Å². The third kappa shape index (κ3) is 3.29. The number of amides is 2. The second kappa shape index (κ2) is 6.96. The summed E-state index contributed by atoms with van der Waals surface area (Å²) in [4.78, 5) is 25.2. The lowest BCUT2D eigenvalue weighted by Gasteiger charge is -2.28. The Balaban J connectivity index is 1.58. The molecular formula is C17H20N8O. The van der Waals surface area contributed by atoms with E-state index in [2.05, 4.69) is 30.7 Å². The van der Waals surface area contributed by atoms with Crippen LogP contribution in [0.25, 0.3) is 10.9 Å². The number of carbonyl (C=O) groups is 1. The zero-order valence-corrected chi connectivity index (χ0v) is 14.4. The molecule has 1 fully saturated rings. The van der Waals surface area contributed by atoms with Crippen molar-refractivity contribution in [2.45, 2.75) is 0 Å². The number of H-pyrrole nitrogens is 1. The molecule has 4 heterocycles. The molecule has 0 aromatic carbocycles. The number of fused-ring (bicyclic) bond motifs is 1. The smallest absolute Gasteiger partial charge is 0.327 e. The summed E-state index contributed by atoms with van der Waals surface area (Å²) in [6.45, 7) is 3.78. The van der Waals surface area contributed by atoms with E-state index < -0.39 is 0 Å². The number of hydrogen-bond acceptors (Lipinski definition) is 6. The zero-order valence-electron chi connectivity index (χ0n) is 14.4. The van der Waals surface area contributed by atoms with Crippen molar-refractivity contribution in [1.29, 1.82) is 0 Å². The highest BCUT2D eigenvalue weighted by molar-refractivity contribution is 6.01. The summed E-state index contributed by atoms with van der Waals surface area (Å²) in [7, 11) is 1.67. The van der Waals surface area contributed by atoms with Gasteiger partial charge in [-0.25, -0.2) is 14.8 Å². The number of aromatic nitrogens is 4. The van der Waals surface area contributed by atoms with E-state index in [4.69, 9.17) is 4.98 Å². The van der Waals surface area contributed by atoms with E-state index in [0.29, 0.717) is 11.5 Å². The van der Waals surface area contributed by atoms with Gasteiger partial charge in [0.25, 0.3) is 0 Å². The van der Waals surface area contributed by atoms with Crippen molar-refractivity contribution in [1.82, 2.24) is 25.5 Å². The van der Waals surface area contributed by atoms with Crippen molar-refractivity contribution in [3.05, 3.63) is 36.8 Å². The van der Waals surface area contributed by atoms with Crippen LogP contribution in [0, 0.1) is 0 Å². The van der Waals surface area contributed by atoms with Gasteiger partial charge in [0, 0.05) is 57.1 Å². The fraction of sp³-hybridized carbons (Fsp3) is 0.294. The summed E-state index contributed by atoms with van der Waals surface area (Å²) in [5.41, 5.74) is 1.41. The minimum Gasteiger partial charge on any atom is -0.354 e. The number of nitrogens with zero attached hydrogens (tertiary/aromatic N) is 5. The molecule has 3 N–H and O–H groups in total. The molecule has 0 unspecified atom stereocenters. The average Bonchev–Trinajstić information content (AvgIpc) is 3.20. The fourth-order valence-electron chi connectivity index (χ4n) is 2.88. The highest BCUT2D eigenvalue weighted by Gasteiger charge is 2.15. The number of anilines is 3. The van der Waals surface area contributed by atoms with Crippen LogP contribution < -0.4 is 20.4 Å². The predicted octanol–water partition coefficient (Wildman–Crippen LogP) is 1.43.